The molecule has 0 spiro atoms. The maximum atomic E-state index is 11.7. The summed E-state index contributed by atoms with van der Waals surface area (Å²) >= 11 is 5.99. The van der Waals surface area contributed by atoms with E-state index in [2.05, 4.69) is 0 Å². The number of aryl methyl sites for hydroxylation is 1. The molecule has 94 valence electrons. The van der Waals surface area contributed by atoms with Gasteiger partial charge in [0.1, 0.15) is 0 Å². The van der Waals surface area contributed by atoms with Crippen LogP contribution >= 0.6 is 11.6 Å². The normalized spacial score (nSPS) is 10.6. The van der Waals surface area contributed by atoms with Crippen LogP contribution in [0.1, 0.15) is 19.4 Å². The molecule has 1 rings (SSSR count). The number of benzene rings is 1. The largest absolute Gasteiger partial charge is 0.424 e. The summed E-state index contributed by atoms with van der Waals surface area (Å²) in [5.74, 6) is 0.191. The Labute approximate surface area is 107 Å². The molecule has 3 nitrogen and oxygen atoms in total. The minimum absolute atomic E-state index is 0.273. The van der Waals surface area contributed by atoms with Gasteiger partial charge >= 0.3 is 5.97 Å². The van der Waals surface area contributed by atoms with Gasteiger partial charge in [0, 0.05) is 0 Å². The van der Waals surface area contributed by atoms with Crippen LogP contribution in [0.2, 0.25) is 5.02 Å². The van der Waals surface area contributed by atoms with E-state index in [9.17, 15) is 4.79 Å². The fourth-order valence-electron chi connectivity index (χ4n) is 1.52. The van der Waals surface area contributed by atoms with Crippen molar-refractivity contribution in [3.8, 4) is 5.75 Å². The molecule has 0 N–H and O–H groups in total. The molecule has 0 aromatic heterocycles. The van der Waals surface area contributed by atoms with Crippen LogP contribution in [0.25, 0.3) is 0 Å². The van der Waals surface area contributed by atoms with Gasteiger partial charge in [-0.25, -0.2) is 0 Å². The minimum atomic E-state index is -0.273. The highest BCUT2D eigenvalue weighted by Crippen LogP contribution is 2.27. The number of likely N-dealkylation sites (N-methyl/N-ethyl adjacent to an activating group) is 1. The summed E-state index contributed by atoms with van der Waals surface area (Å²) in [6.45, 7) is 7.83. The Balaban J connectivity index is 2.68. The Morgan fingerprint density at radius 1 is 1.35 bits per heavy atom. The van der Waals surface area contributed by atoms with Gasteiger partial charge in [-0.15, -0.1) is 0 Å². The van der Waals surface area contributed by atoms with Crippen LogP contribution in [0.15, 0.2) is 18.2 Å². The average molecular weight is 256 g/mol. The summed E-state index contributed by atoms with van der Waals surface area (Å²) < 4.78 is 5.30. The maximum absolute atomic E-state index is 11.7. The zero-order valence-corrected chi connectivity index (χ0v) is 11.3. The van der Waals surface area contributed by atoms with Crippen LogP contribution in [-0.4, -0.2) is 30.5 Å². The molecule has 1 aromatic rings. The smallest absolute Gasteiger partial charge is 0.325 e. The highest BCUT2D eigenvalue weighted by molar-refractivity contribution is 6.32. The van der Waals surface area contributed by atoms with Crippen molar-refractivity contribution in [2.24, 2.45) is 0 Å². The van der Waals surface area contributed by atoms with Crippen molar-refractivity contribution in [3.05, 3.63) is 28.8 Å². The van der Waals surface area contributed by atoms with E-state index in [-0.39, 0.29) is 12.5 Å². The molecule has 0 aliphatic heterocycles. The van der Waals surface area contributed by atoms with Crippen molar-refractivity contribution in [3.63, 3.8) is 0 Å². The zero-order chi connectivity index (χ0) is 12.8. The van der Waals surface area contributed by atoms with Crippen molar-refractivity contribution < 1.29 is 9.53 Å². The van der Waals surface area contributed by atoms with Crippen LogP contribution in [0.3, 0.4) is 0 Å². The third-order valence-corrected chi connectivity index (χ3v) is 2.92. The lowest BCUT2D eigenvalue weighted by molar-refractivity contribution is -0.135. The number of carbonyl (C=O) groups is 1. The van der Waals surface area contributed by atoms with E-state index in [0.717, 1.165) is 18.7 Å². The molecule has 0 aliphatic carbocycles. The summed E-state index contributed by atoms with van der Waals surface area (Å²) in [5, 5.41) is 0.470. The van der Waals surface area contributed by atoms with E-state index in [0.29, 0.717) is 10.8 Å². The predicted octanol–water partition coefficient (Wildman–Crippen LogP) is 2.90. The van der Waals surface area contributed by atoms with E-state index in [1.165, 1.54) is 0 Å². The molecule has 0 saturated heterocycles. The first kappa shape index (κ1) is 14.0. The molecular formula is C13H18ClNO2. The molecule has 17 heavy (non-hydrogen) atoms. The topological polar surface area (TPSA) is 29.5 Å². The summed E-state index contributed by atoms with van der Waals surface area (Å²) in [7, 11) is 0. The van der Waals surface area contributed by atoms with Crippen molar-refractivity contribution in [1.82, 2.24) is 4.90 Å². The molecule has 0 amide bonds. The lowest BCUT2D eigenvalue weighted by Gasteiger charge is -2.17. The number of nitrogens with zero attached hydrogens (tertiary/aromatic N) is 1. The van der Waals surface area contributed by atoms with Crippen LogP contribution in [0.4, 0.5) is 0 Å². The first-order chi connectivity index (χ1) is 8.08. The zero-order valence-electron chi connectivity index (χ0n) is 10.5. The van der Waals surface area contributed by atoms with Crippen LogP contribution in [0.5, 0.6) is 5.75 Å². The molecule has 1 aromatic carbocycles. The van der Waals surface area contributed by atoms with Gasteiger partial charge in [-0.2, -0.15) is 0 Å². The molecule has 0 saturated carbocycles. The van der Waals surface area contributed by atoms with Gasteiger partial charge in [-0.05, 0) is 31.6 Å². The van der Waals surface area contributed by atoms with Crippen LogP contribution in [-0.2, 0) is 4.79 Å². The van der Waals surface area contributed by atoms with Crippen molar-refractivity contribution in [2.75, 3.05) is 19.6 Å². The Morgan fingerprint density at radius 3 is 2.53 bits per heavy atom. The van der Waals surface area contributed by atoms with Crippen LogP contribution < -0.4 is 4.74 Å². The minimum Gasteiger partial charge on any atom is -0.424 e. The first-order valence-corrected chi connectivity index (χ1v) is 6.14. The van der Waals surface area contributed by atoms with E-state index < -0.39 is 0 Å². The molecule has 0 fully saturated rings. The van der Waals surface area contributed by atoms with Gasteiger partial charge in [-0.3, -0.25) is 9.69 Å². The molecule has 0 bridgehead atoms. The highest BCUT2D eigenvalue weighted by atomic mass is 35.5. The summed E-state index contributed by atoms with van der Waals surface area (Å²) in [6, 6.07) is 5.42. The molecule has 0 heterocycles. The fourth-order valence-corrected chi connectivity index (χ4v) is 1.78. The average Bonchev–Trinajstić information content (AvgIpc) is 2.31. The number of esters is 1. The van der Waals surface area contributed by atoms with Crippen molar-refractivity contribution in [1.29, 1.82) is 0 Å². The van der Waals surface area contributed by atoms with Crippen molar-refractivity contribution in [2.45, 2.75) is 20.8 Å². The molecular weight excluding hydrogens is 238 g/mol. The number of hydrogen-bond acceptors (Lipinski definition) is 3. The second kappa shape index (κ2) is 6.62. The number of halogens is 1. The van der Waals surface area contributed by atoms with Gasteiger partial charge in [0.05, 0.1) is 11.6 Å². The number of hydrogen-bond donors (Lipinski definition) is 0. The Kier molecular flexibility index (Phi) is 5.45. The van der Waals surface area contributed by atoms with Gasteiger partial charge < -0.3 is 4.74 Å². The summed E-state index contributed by atoms with van der Waals surface area (Å²) in [6.07, 6.45) is 0. The molecule has 4 heteroatoms. The quantitative estimate of drug-likeness (QED) is 0.599. The lowest BCUT2D eigenvalue weighted by Crippen LogP contribution is -2.32. The number of carbonyl (C=O) groups excluding carboxylic acids is 1. The Hall–Kier alpha value is -1.06. The second-order valence-corrected chi connectivity index (χ2v) is 4.23. The summed E-state index contributed by atoms with van der Waals surface area (Å²) in [4.78, 5) is 13.7. The lowest BCUT2D eigenvalue weighted by atomic mass is 10.2. The third kappa shape index (κ3) is 4.02. The number of ether oxygens (including phenoxy) is 1. The first-order valence-electron chi connectivity index (χ1n) is 5.76. The maximum Gasteiger partial charge on any atom is 0.325 e. The third-order valence-electron chi connectivity index (χ3n) is 2.63. The predicted molar refractivity (Wildman–Crippen MR) is 69.6 cm³/mol. The van der Waals surface area contributed by atoms with E-state index in [1.807, 2.05) is 37.8 Å². The van der Waals surface area contributed by atoms with E-state index in [1.54, 1.807) is 6.07 Å². The second-order valence-electron chi connectivity index (χ2n) is 3.82. The van der Waals surface area contributed by atoms with Crippen LogP contribution in [0, 0.1) is 6.92 Å². The van der Waals surface area contributed by atoms with Crippen molar-refractivity contribution >= 4 is 17.6 Å². The highest BCUT2D eigenvalue weighted by Gasteiger charge is 2.13. The Bertz CT molecular complexity index is 369. The SMILES string of the molecule is CCN(CC)CC(=O)Oc1c(C)cccc1Cl. The van der Waals surface area contributed by atoms with Gasteiger partial charge in [-0.1, -0.05) is 37.6 Å². The Morgan fingerprint density at radius 2 is 2.00 bits per heavy atom. The molecule has 0 radical (unpaired) electrons. The molecule has 0 unspecified atom stereocenters. The molecule has 0 atom stereocenters. The summed E-state index contributed by atoms with van der Waals surface area (Å²) in [5.41, 5.74) is 0.866. The van der Waals surface area contributed by atoms with Gasteiger partial charge in [0.25, 0.3) is 0 Å². The monoisotopic (exact) mass is 255 g/mol. The standard InChI is InChI=1S/C13H18ClNO2/c1-4-15(5-2)9-12(16)17-13-10(3)7-6-8-11(13)14/h6-8H,4-5,9H2,1-3H3. The number of rotatable bonds is 5. The molecule has 0 aliphatic rings. The van der Waals surface area contributed by atoms with E-state index >= 15 is 0 Å². The van der Waals surface area contributed by atoms with E-state index in [4.69, 9.17) is 16.3 Å². The van der Waals surface area contributed by atoms with Gasteiger partial charge in [0.2, 0.25) is 0 Å². The fraction of sp³-hybridized carbons (Fsp3) is 0.462. The van der Waals surface area contributed by atoms with Gasteiger partial charge in [0.15, 0.2) is 5.75 Å². The number of para-hydroxylation sites is 1.